The fraction of sp³-hybridized carbons (Fsp3) is 0.750. The van der Waals surface area contributed by atoms with Crippen LogP contribution in [0, 0.1) is 0 Å². The van der Waals surface area contributed by atoms with Gasteiger partial charge < -0.3 is 0 Å². The molecule has 26 heavy (non-hydrogen) atoms. The van der Waals surface area contributed by atoms with Gasteiger partial charge in [-0.1, -0.05) is 0 Å². The first-order chi connectivity index (χ1) is 11.0. The molecule has 0 bridgehead atoms. The fourth-order valence-corrected chi connectivity index (χ4v) is 0.955. The zero-order valence-electron chi connectivity index (χ0n) is 10.9. The minimum Gasteiger partial charge on any atom is -0.244 e. The number of ether oxygens (including phenoxy) is 2. The molecule has 0 saturated heterocycles. The summed E-state index contributed by atoms with van der Waals surface area (Å²) in [4.78, 5) is 0. The van der Waals surface area contributed by atoms with E-state index < -0.39 is 48.4 Å². The Hall–Kier alpha value is -1.46. The number of alkyl halides is 13. The first kappa shape index (κ1) is 24.5. The van der Waals surface area contributed by atoms with Gasteiger partial charge in [0.1, 0.15) is 0 Å². The van der Waals surface area contributed by atoms with Gasteiger partial charge in [-0.15, -0.1) is 13.2 Å². The summed E-state index contributed by atoms with van der Waals surface area (Å²) >= 11 is 0. The Morgan fingerprint density at radius 1 is 0.500 bits per heavy atom. The summed E-state index contributed by atoms with van der Waals surface area (Å²) in [6, 6.07) is 0. The highest BCUT2D eigenvalue weighted by Crippen LogP contribution is 2.55. The molecule has 0 aliphatic heterocycles. The van der Waals surface area contributed by atoms with E-state index in [1.165, 1.54) is 9.47 Å². The van der Waals surface area contributed by atoms with E-state index in [-0.39, 0.29) is 0 Å². The van der Waals surface area contributed by atoms with Crippen LogP contribution in [0.3, 0.4) is 0 Å². The smallest absolute Gasteiger partial charge is 0.244 e. The summed E-state index contributed by atoms with van der Waals surface area (Å²) < 4.78 is 199. The molecular weight excluding hydrogens is 432 g/mol. The van der Waals surface area contributed by atoms with E-state index in [2.05, 4.69) is 0 Å². The number of halogens is 16. The third-order valence-electron chi connectivity index (χ3n) is 2.05. The normalized spacial score (nSPS) is 15.2. The molecule has 0 amide bonds. The van der Waals surface area contributed by atoms with Crippen molar-refractivity contribution in [2.24, 2.45) is 0 Å². The summed E-state index contributed by atoms with van der Waals surface area (Å²) in [5, 5.41) is 0. The summed E-state index contributed by atoms with van der Waals surface area (Å²) in [6.07, 6.45) is -32.8. The third kappa shape index (κ3) is 4.63. The lowest BCUT2D eigenvalue weighted by molar-refractivity contribution is -0.521. The van der Waals surface area contributed by atoms with Gasteiger partial charge in [-0.2, -0.15) is 57.1 Å². The number of hydrogen-bond acceptors (Lipinski definition) is 2. The first-order valence-electron chi connectivity index (χ1n) is 5.09. The van der Waals surface area contributed by atoms with Crippen LogP contribution in [0.15, 0.2) is 11.9 Å². The van der Waals surface area contributed by atoms with Crippen LogP contribution in [0.4, 0.5) is 70.2 Å². The number of hydrogen-bond donors (Lipinski definition) is 0. The predicted octanol–water partition coefficient (Wildman–Crippen LogP) is 5.67. The molecule has 0 atom stereocenters. The molecule has 0 N–H and O–H groups in total. The van der Waals surface area contributed by atoms with E-state index in [0.717, 1.165) is 0 Å². The van der Waals surface area contributed by atoms with Crippen molar-refractivity contribution in [3.05, 3.63) is 11.9 Å². The lowest BCUT2D eigenvalue weighted by atomic mass is 10.1. The Kier molecular flexibility index (Phi) is 6.24. The second-order valence-corrected chi connectivity index (χ2v) is 3.92. The van der Waals surface area contributed by atoms with Crippen LogP contribution in [0.2, 0.25) is 0 Å². The molecule has 0 unspecified atom stereocenters. The molecule has 0 fully saturated rings. The van der Waals surface area contributed by atoms with Gasteiger partial charge in [-0.25, -0.2) is 9.47 Å². The molecule has 0 heterocycles. The highest BCUT2D eigenvalue weighted by molar-refractivity contribution is 5.03. The Morgan fingerprint density at radius 3 is 1.08 bits per heavy atom. The SMILES string of the molecule is FC(F)=C(F)C(F)(F)OC(F)(F)C(F)(F)C(F)(F)C(F)(F)OC(F)(F)F. The van der Waals surface area contributed by atoms with Crippen LogP contribution in [-0.4, -0.2) is 36.5 Å². The topological polar surface area (TPSA) is 18.5 Å². The van der Waals surface area contributed by atoms with Gasteiger partial charge in [0, 0.05) is 0 Å². The summed E-state index contributed by atoms with van der Waals surface area (Å²) in [5.74, 6) is -20.2. The molecule has 0 radical (unpaired) electrons. The van der Waals surface area contributed by atoms with Crippen LogP contribution in [0.25, 0.3) is 0 Å². The van der Waals surface area contributed by atoms with Crippen molar-refractivity contribution in [3.63, 3.8) is 0 Å². The minimum absolute atomic E-state index is 1.24. The summed E-state index contributed by atoms with van der Waals surface area (Å²) in [7, 11) is 0. The van der Waals surface area contributed by atoms with Crippen LogP contribution >= 0.6 is 0 Å². The molecule has 18 heteroatoms. The van der Waals surface area contributed by atoms with Crippen molar-refractivity contribution in [2.75, 3.05) is 0 Å². The maximum Gasteiger partial charge on any atom is 0.527 e. The lowest BCUT2D eigenvalue weighted by Gasteiger charge is -2.36. The molecule has 0 aromatic rings. The fourth-order valence-electron chi connectivity index (χ4n) is 0.955. The van der Waals surface area contributed by atoms with Crippen LogP contribution in [-0.2, 0) is 9.47 Å². The Labute approximate surface area is 129 Å². The van der Waals surface area contributed by atoms with Crippen molar-refractivity contribution < 1.29 is 79.7 Å². The minimum atomic E-state index is -7.95. The van der Waals surface area contributed by atoms with E-state index in [4.69, 9.17) is 0 Å². The molecule has 156 valence electrons. The predicted molar refractivity (Wildman–Crippen MR) is 43.3 cm³/mol. The van der Waals surface area contributed by atoms with Crippen molar-refractivity contribution in [1.29, 1.82) is 0 Å². The van der Waals surface area contributed by atoms with Gasteiger partial charge in [0.2, 0.25) is 0 Å². The molecule has 0 rings (SSSR count). The van der Waals surface area contributed by atoms with Crippen molar-refractivity contribution in [2.45, 2.75) is 36.5 Å². The van der Waals surface area contributed by atoms with Crippen LogP contribution in [0.5, 0.6) is 0 Å². The lowest BCUT2D eigenvalue weighted by Crippen LogP contribution is -2.65. The van der Waals surface area contributed by atoms with Crippen LogP contribution < -0.4 is 0 Å². The standard InChI is InChI=1S/C8F16O2/c9-1(2(10)11)3(12,13)25-6(18,19)4(14,15)5(16,17)7(20,21)26-8(22,23)24. The average molecular weight is 432 g/mol. The molecule has 2 nitrogen and oxygen atoms in total. The van der Waals surface area contributed by atoms with Gasteiger partial charge in [-0.05, 0) is 0 Å². The van der Waals surface area contributed by atoms with E-state index in [0.29, 0.717) is 0 Å². The van der Waals surface area contributed by atoms with Gasteiger partial charge >= 0.3 is 42.6 Å². The van der Waals surface area contributed by atoms with E-state index in [9.17, 15) is 70.2 Å². The van der Waals surface area contributed by atoms with Crippen LogP contribution in [0.1, 0.15) is 0 Å². The summed E-state index contributed by atoms with van der Waals surface area (Å²) in [5.41, 5.74) is 0. The second kappa shape index (κ2) is 6.61. The Balaban J connectivity index is 6.01. The van der Waals surface area contributed by atoms with E-state index in [1.54, 1.807) is 0 Å². The molecule has 0 aliphatic carbocycles. The average Bonchev–Trinajstić information content (AvgIpc) is 2.32. The zero-order valence-corrected chi connectivity index (χ0v) is 10.9. The van der Waals surface area contributed by atoms with E-state index in [1.807, 2.05) is 0 Å². The Bertz CT molecular complexity index is 541. The summed E-state index contributed by atoms with van der Waals surface area (Å²) in [6.45, 7) is 0. The van der Waals surface area contributed by atoms with Gasteiger partial charge in [0.15, 0.2) is 0 Å². The quantitative estimate of drug-likeness (QED) is 0.484. The van der Waals surface area contributed by atoms with Crippen molar-refractivity contribution in [1.82, 2.24) is 0 Å². The highest BCUT2D eigenvalue weighted by Gasteiger charge is 2.85. The highest BCUT2D eigenvalue weighted by atomic mass is 19.4. The van der Waals surface area contributed by atoms with Gasteiger partial charge in [-0.3, -0.25) is 0 Å². The Morgan fingerprint density at radius 2 is 0.808 bits per heavy atom. The maximum atomic E-state index is 12.8. The second-order valence-electron chi connectivity index (χ2n) is 3.92. The van der Waals surface area contributed by atoms with E-state index >= 15 is 0 Å². The molecule has 0 saturated carbocycles. The third-order valence-corrected chi connectivity index (χ3v) is 2.05. The number of rotatable bonds is 7. The maximum absolute atomic E-state index is 12.8. The van der Waals surface area contributed by atoms with Gasteiger partial charge in [0.05, 0.1) is 0 Å². The first-order valence-corrected chi connectivity index (χ1v) is 5.09. The molecule has 0 aromatic carbocycles. The van der Waals surface area contributed by atoms with Gasteiger partial charge in [0.25, 0.3) is 5.83 Å². The molecule has 0 aliphatic rings. The van der Waals surface area contributed by atoms with Crippen molar-refractivity contribution >= 4 is 0 Å². The molecule has 0 spiro atoms. The monoisotopic (exact) mass is 432 g/mol. The van der Waals surface area contributed by atoms with Crippen molar-refractivity contribution in [3.8, 4) is 0 Å². The largest absolute Gasteiger partial charge is 0.527 e. The molecular formula is C8F16O2. The molecule has 0 aromatic heterocycles. The zero-order chi connectivity index (χ0) is 21.6.